The summed E-state index contributed by atoms with van der Waals surface area (Å²) in [6.45, 7) is 2.24. The minimum atomic E-state index is -0.116. The first-order valence-electron chi connectivity index (χ1n) is 13.2. The number of benzene rings is 2. The van der Waals surface area contributed by atoms with E-state index in [9.17, 15) is 4.79 Å². The average molecular weight is 509 g/mol. The monoisotopic (exact) mass is 508 g/mol. The smallest absolute Gasteiger partial charge is 0.257 e. The lowest BCUT2D eigenvalue weighted by molar-refractivity contribution is 0.102. The molecular weight excluding hydrogens is 476 g/mol. The molecule has 0 aliphatic carbocycles. The van der Waals surface area contributed by atoms with Crippen LogP contribution in [-0.2, 0) is 12.8 Å². The van der Waals surface area contributed by atoms with Crippen LogP contribution in [0.5, 0.6) is 5.75 Å². The minimum Gasteiger partial charge on any atom is -0.495 e. The Hall–Kier alpha value is -4.17. The van der Waals surface area contributed by atoms with Gasteiger partial charge in [-0.3, -0.25) is 4.79 Å². The normalized spacial score (nSPS) is 15.4. The molecule has 0 atom stereocenters. The van der Waals surface area contributed by atoms with E-state index in [0.29, 0.717) is 17.4 Å². The van der Waals surface area contributed by atoms with E-state index in [1.165, 1.54) is 5.56 Å². The molecule has 0 radical (unpaired) electrons. The SMILES string of the molecule is COc1cc(C2CCN(C)CC2)ccc1Nc1ncc2c(n1)-n1ccc(C(=O)Nc3ccccc3)c1CC2. The largest absolute Gasteiger partial charge is 0.495 e. The molecule has 8 nitrogen and oxygen atoms in total. The quantitative estimate of drug-likeness (QED) is 0.373. The zero-order valence-corrected chi connectivity index (χ0v) is 21.8. The van der Waals surface area contributed by atoms with Gasteiger partial charge < -0.3 is 24.8 Å². The Labute approximate surface area is 222 Å². The molecule has 1 amide bonds. The summed E-state index contributed by atoms with van der Waals surface area (Å²) >= 11 is 0. The Morgan fingerprint density at radius 3 is 2.66 bits per heavy atom. The Balaban J connectivity index is 1.24. The van der Waals surface area contributed by atoms with Crippen molar-refractivity contribution in [2.45, 2.75) is 31.6 Å². The molecule has 8 heteroatoms. The first-order chi connectivity index (χ1) is 18.6. The second-order valence-corrected chi connectivity index (χ2v) is 10.1. The van der Waals surface area contributed by atoms with E-state index in [4.69, 9.17) is 9.72 Å². The van der Waals surface area contributed by atoms with Crippen LogP contribution in [0, 0.1) is 0 Å². The maximum absolute atomic E-state index is 13.0. The van der Waals surface area contributed by atoms with Crippen LogP contribution in [0.25, 0.3) is 5.82 Å². The molecule has 1 fully saturated rings. The van der Waals surface area contributed by atoms with Crippen molar-refractivity contribution in [3.63, 3.8) is 0 Å². The average Bonchev–Trinajstić information content (AvgIpc) is 3.39. The lowest BCUT2D eigenvalue weighted by Crippen LogP contribution is -2.29. The predicted octanol–water partition coefficient (Wildman–Crippen LogP) is 5.18. The number of likely N-dealkylation sites (tertiary alicyclic amines) is 1. The Kier molecular flexibility index (Phi) is 6.55. The highest BCUT2D eigenvalue weighted by Gasteiger charge is 2.24. The van der Waals surface area contributed by atoms with Crippen LogP contribution in [-0.4, -0.2) is 52.6 Å². The summed E-state index contributed by atoms with van der Waals surface area (Å²) < 4.78 is 7.75. The number of aromatic nitrogens is 3. The summed E-state index contributed by atoms with van der Waals surface area (Å²) in [5.41, 5.74) is 5.59. The summed E-state index contributed by atoms with van der Waals surface area (Å²) in [6.07, 6.45) is 7.63. The van der Waals surface area contributed by atoms with Crippen molar-refractivity contribution in [1.29, 1.82) is 0 Å². The first kappa shape index (κ1) is 24.2. The van der Waals surface area contributed by atoms with Crippen LogP contribution in [0.4, 0.5) is 17.3 Å². The molecule has 0 saturated carbocycles. The highest BCUT2D eigenvalue weighted by molar-refractivity contribution is 6.05. The summed E-state index contributed by atoms with van der Waals surface area (Å²) in [7, 11) is 3.88. The van der Waals surface area contributed by atoms with Crippen LogP contribution in [0.3, 0.4) is 0 Å². The number of fused-ring (bicyclic) bond motifs is 3. The molecule has 0 unspecified atom stereocenters. The molecule has 2 aromatic heterocycles. The van der Waals surface area contributed by atoms with Crippen LogP contribution in [0.15, 0.2) is 67.0 Å². The van der Waals surface area contributed by atoms with Crippen molar-refractivity contribution in [2.24, 2.45) is 0 Å². The molecule has 4 heterocycles. The van der Waals surface area contributed by atoms with Gasteiger partial charge in [-0.1, -0.05) is 24.3 Å². The number of aryl methyl sites for hydroxylation is 1. The number of methoxy groups -OCH3 is 1. The van der Waals surface area contributed by atoms with Crippen molar-refractivity contribution < 1.29 is 9.53 Å². The van der Waals surface area contributed by atoms with Crippen molar-refractivity contribution in [3.05, 3.63) is 89.4 Å². The highest BCUT2D eigenvalue weighted by atomic mass is 16.5. The number of carbonyl (C=O) groups is 1. The topological polar surface area (TPSA) is 84.3 Å². The number of piperidine rings is 1. The van der Waals surface area contributed by atoms with Crippen molar-refractivity contribution >= 4 is 23.2 Å². The molecular formula is C30H32N6O2. The number of hydrogen-bond donors (Lipinski definition) is 2. The summed E-state index contributed by atoms with van der Waals surface area (Å²) in [4.78, 5) is 24.8. The van der Waals surface area contributed by atoms with E-state index in [2.05, 4.69) is 45.8 Å². The second kappa shape index (κ2) is 10.3. The fourth-order valence-electron chi connectivity index (χ4n) is 5.47. The van der Waals surface area contributed by atoms with Gasteiger partial charge in [0.2, 0.25) is 5.95 Å². The second-order valence-electron chi connectivity index (χ2n) is 10.1. The third-order valence-corrected chi connectivity index (χ3v) is 7.63. The van der Waals surface area contributed by atoms with Gasteiger partial charge in [0, 0.05) is 29.3 Å². The van der Waals surface area contributed by atoms with Crippen LogP contribution in [0.1, 0.15) is 45.9 Å². The van der Waals surface area contributed by atoms with Gasteiger partial charge in [0.05, 0.1) is 18.4 Å². The van der Waals surface area contributed by atoms with Gasteiger partial charge in [-0.15, -0.1) is 0 Å². The minimum absolute atomic E-state index is 0.116. The Morgan fingerprint density at radius 2 is 1.87 bits per heavy atom. The number of hydrogen-bond acceptors (Lipinski definition) is 6. The van der Waals surface area contributed by atoms with Crippen LogP contribution < -0.4 is 15.4 Å². The van der Waals surface area contributed by atoms with Gasteiger partial charge in [0.1, 0.15) is 11.6 Å². The van der Waals surface area contributed by atoms with E-state index >= 15 is 0 Å². The van der Waals surface area contributed by atoms with Crippen molar-refractivity contribution in [2.75, 3.05) is 37.9 Å². The van der Waals surface area contributed by atoms with Crippen molar-refractivity contribution in [3.8, 4) is 11.6 Å². The Bertz CT molecular complexity index is 1460. The first-order valence-corrected chi connectivity index (χ1v) is 13.2. The molecule has 2 aromatic carbocycles. The molecule has 1 saturated heterocycles. The lowest BCUT2D eigenvalue weighted by Gasteiger charge is -2.29. The summed E-state index contributed by atoms with van der Waals surface area (Å²) in [5, 5.41) is 6.35. The van der Waals surface area contributed by atoms with Crippen LogP contribution >= 0.6 is 0 Å². The number of rotatable bonds is 6. The van der Waals surface area contributed by atoms with Gasteiger partial charge in [0.15, 0.2) is 0 Å². The zero-order chi connectivity index (χ0) is 26.1. The van der Waals surface area contributed by atoms with E-state index in [0.717, 1.165) is 73.0 Å². The molecule has 0 spiro atoms. The molecule has 194 valence electrons. The zero-order valence-electron chi connectivity index (χ0n) is 21.8. The van der Waals surface area contributed by atoms with E-state index < -0.39 is 0 Å². The van der Waals surface area contributed by atoms with E-state index in [-0.39, 0.29) is 5.91 Å². The highest BCUT2D eigenvalue weighted by Crippen LogP contribution is 2.35. The number of nitrogens with zero attached hydrogens (tertiary/aromatic N) is 4. The number of anilines is 3. The molecule has 2 N–H and O–H groups in total. The van der Waals surface area contributed by atoms with E-state index in [1.807, 2.05) is 53.4 Å². The van der Waals surface area contributed by atoms with E-state index in [1.54, 1.807) is 7.11 Å². The number of ether oxygens (including phenoxy) is 1. The van der Waals surface area contributed by atoms with Gasteiger partial charge in [-0.05, 0) is 87.6 Å². The third-order valence-electron chi connectivity index (χ3n) is 7.63. The maximum atomic E-state index is 13.0. The fourth-order valence-corrected chi connectivity index (χ4v) is 5.47. The number of carbonyl (C=O) groups excluding carboxylic acids is 1. The Morgan fingerprint density at radius 1 is 1.05 bits per heavy atom. The van der Waals surface area contributed by atoms with Gasteiger partial charge in [0.25, 0.3) is 5.91 Å². The van der Waals surface area contributed by atoms with Gasteiger partial charge in [-0.2, -0.15) is 4.98 Å². The van der Waals surface area contributed by atoms with Crippen LogP contribution in [0.2, 0.25) is 0 Å². The number of nitrogens with one attached hydrogen (secondary N) is 2. The summed E-state index contributed by atoms with van der Waals surface area (Å²) in [5.74, 6) is 2.50. The number of para-hydroxylation sites is 1. The molecule has 38 heavy (non-hydrogen) atoms. The number of amides is 1. The standard InChI is InChI=1S/C30H32N6O2/c1-35-15-12-20(13-16-35)21-8-10-25(27(18-21)38-2)33-30-31-19-22-9-11-26-24(14-17-36(26)28(22)34-30)29(37)32-23-6-4-3-5-7-23/h3-8,10,14,17-20H,9,11-13,15-16H2,1-2H3,(H,32,37)(H,31,33,34). The fraction of sp³-hybridized carbons (Fsp3) is 0.300. The molecule has 4 aromatic rings. The predicted molar refractivity (Wildman–Crippen MR) is 149 cm³/mol. The van der Waals surface area contributed by atoms with Gasteiger partial charge in [-0.25, -0.2) is 4.98 Å². The summed E-state index contributed by atoms with van der Waals surface area (Å²) in [6, 6.07) is 17.8. The molecule has 2 aliphatic rings. The maximum Gasteiger partial charge on any atom is 0.257 e. The molecule has 6 rings (SSSR count). The lowest BCUT2D eigenvalue weighted by atomic mass is 9.89. The van der Waals surface area contributed by atoms with Gasteiger partial charge >= 0.3 is 0 Å². The molecule has 2 aliphatic heterocycles. The van der Waals surface area contributed by atoms with Crippen molar-refractivity contribution in [1.82, 2.24) is 19.4 Å². The molecule has 0 bridgehead atoms. The third kappa shape index (κ3) is 4.75.